The first-order valence-electron chi connectivity index (χ1n) is 6.68. The summed E-state index contributed by atoms with van der Waals surface area (Å²) in [5, 5.41) is 12.6. The second-order valence-corrected chi connectivity index (χ2v) is 5.25. The van der Waals surface area contributed by atoms with Crippen molar-refractivity contribution in [1.29, 1.82) is 0 Å². The first-order chi connectivity index (χ1) is 8.99. The van der Waals surface area contributed by atoms with Crippen LogP contribution in [0.5, 0.6) is 5.75 Å². The smallest absolute Gasteiger partial charge is 0.131 e. The number of halogens is 1. The molecule has 0 fully saturated rings. The third kappa shape index (κ3) is 4.48. The Kier molecular flexibility index (Phi) is 6.25. The molecule has 0 spiro atoms. The summed E-state index contributed by atoms with van der Waals surface area (Å²) >= 11 is 0. The van der Waals surface area contributed by atoms with Crippen LogP contribution in [0.4, 0.5) is 4.39 Å². The zero-order valence-corrected chi connectivity index (χ0v) is 12.1. The van der Waals surface area contributed by atoms with Crippen LogP contribution in [0.15, 0.2) is 18.2 Å². The fraction of sp³-hybridized carbons (Fsp3) is 0.600. The molecule has 4 heteroatoms. The molecule has 2 N–H and O–H groups in total. The van der Waals surface area contributed by atoms with Crippen molar-refractivity contribution in [3.05, 3.63) is 29.6 Å². The third-order valence-corrected chi connectivity index (χ3v) is 3.13. The van der Waals surface area contributed by atoms with Gasteiger partial charge in [0.25, 0.3) is 0 Å². The third-order valence-electron chi connectivity index (χ3n) is 3.13. The van der Waals surface area contributed by atoms with Crippen LogP contribution in [-0.2, 0) is 0 Å². The molecule has 1 aromatic carbocycles. The minimum atomic E-state index is -0.291. The molecular formula is C15H24FNO2. The van der Waals surface area contributed by atoms with Crippen molar-refractivity contribution in [1.82, 2.24) is 5.32 Å². The number of aliphatic hydroxyl groups is 1. The van der Waals surface area contributed by atoms with E-state index in [1.807, 2.05) is 6.92 Å². The number of nitrogens with one attached hydrogen (secondary N) is 1. The summed E-state index contributed by atoms with van der Waals surface area (Å²) in [6, 6.07) is 4.54. The van der Waals surface area contributed by atoms with Gasteiger partial charge in [-0.2, -0.15) is 0 Å². The fourth-order valence-electron chi connectivity index (χ4n) is 2.32. The van der Waals surface area contributed by atoms with Crippen molar-refractivity contribution in [2.75, 3.05) is 13.7 Å². The summed E-state index contributed by atoms with van der Waals surface area (Å²) in [6.07, 6.45) is 0.845. The van der Waals surface area contributed by atoms with E-state index in [0.717, 1.165) is 6.42 Å². The van der Waals surface area contributed by atoms with E-state index < -0.39 is 0 Å². The van der Waals surface area contributed by atoms with Crippen LogP contribution in [0.1, 0.15) is 38.8 Å². The van der Waals surface area contributed by atoms with E-state index in [0.29, 0.717) is 17.2 Å². The van der Waals surface area contributed by atoms with Gasteiger partial charge in [0.05, 0.1) is 13.7 Å². The molecule has 0 radical (unpaired) electrons. The molecule has 0 amide bonds. The summed E-state index contributed by atoms with van der Waals surface area (Å²) in [5.41, 5.74) is 0.507. The van der Waals surface area contributed by atoms with E-state index in [1.54, 1.807) is 12.1 Å². The summed E-state index contributed by atoms with van der Waals surface area (Å²) in [4.78, 5) is 0. The van der Waals surface area contributed by atoms with Crippen molar-refractivity contribution in [2.24, 2.45) is 5.92 Å². The van der Waals surface area contributed by atoms with Gasteiger partial charge in [0.2, 0.25) is 0 Å². The van der Waals surface area contributed by atoms with Gasteiger partial charge in [-0.05, 0) is 31.4 Å². The number of methoxy groups -OCH3 is 1. The van der Waals surface area contributed by atoms with Crippen LogP contribution in [0, 0.1) is 11.7 Å². The van der Waals surface area contributed by atoms with Gasteiger partial charge < -0.3 is 15.2 Å². The minimum Gasteiger partial charge on any atom is -0.496 e. The normalized spacial score (nSPS) is 14.5. The van der Waals surface area contributed by atoms with Gasteiger partial charge >= 0.3 is 0 Å². The monoisotopic (exact) mass is 269 g/mol. The number of aliphatic hydroxyl groups excluding tert-OH is 1. The number of hydrogen-bond donors (Lipinski definition) is 2. The fourth-order valence-corrected chi connectivity index (χ4v) is 2.32. The lowest BCUT2D eigenvalue weighted by atomic mass is 10.0. The van der Waals surface area contributed by atoms with Crippen LogP contribution in [0.3, 0.4) is 0 Å². The van der Waals surface area contributed by atoms with Crippen molar-refractivity contribution in [3.63, 3.8) is 0 Å². The van der Waals surface area contributed by atoms with Crippen molar-refractivity contribution < 1.29 is 14.2 Å². The summed E-state index contributed by atoms with van der Waals surface area (Å²) in [6.45, 7) is 6.11. The molecule has 0 aliphatic carbocycles. The highest BCUT2D eigenvalue weighted by Crippen LogP contribution is 2.28. The molecular weight excluding hydrogens is 245 g/mol. The number of ether oxygens (including phenoxy) is 1. The molecule has 3 nitrogen and oxygen atoms in total. The van der Waals surface area contributed by atoms with Gasteiger partial charge in [-0.25, -0.2) is 4.39 Å². The lowest BCUT2D eigenvalue weighted by Crippen LogP contribution is -2.36. The highest BCUT2D eigenvalue weighted by Gasteiger charge is 2.19. The molecule has 0 aliphatic rings. The van der Waals surface area contributed by atoms with Crippen LogP contribution in [-0.4, -0.2) is 24.9 Å². The predicted molar refractivity (Wildman–Crippen MR) is 74.8 cm³/mol. The summed E-state index contributed by atoms with van der Waals surface area (Å²) in [7, 11) is 1.53. The highest BCUT2D eigenvalue weighted by atomic mass is 19.1. The van der Waals surface area contributed by atoms with E-state index in [4.69, 9.17) is 4.74 Å². The zero-order chi connectivity index (χ0) is 14.4. The minimum absolute atomic E-state index is 0.0410. The average Bonchev–Trinajstić information content (AvgIpc) is 2.36. The Labute approximate surface area is 114 Å². The Morgan fingerprint density at radius 3 is 2.53 bits per heavy atom. The average molecular weight is 269 g/mol. The summed E-state index contributed by atoms with van der Waals surface area (Å²) in [5.74, 6) is 0.709. The lowest BCUT2D eigenvalue weighted by molar-refractivity contribution is 0.213. The molecule has 1 aromatic rings. The van der Waals surface area contributed by atoms with Gasteiger partial charge in [-0.1, -0.05) is 19.9 Å². The zero-order valence-electron chi connectivity index (χ0n) is 12.1. The molecule has 0 saturated heterocycles. The van der Waals surface area contributed by atoms with Crippen LogP contribution in [0.25, 0.3) is 0 Å². The van der Waals surface area contributed by atoms with Crippen molar-refractivity contribution >= 4 is 0 Å². The maximum Gasteiger partial charge on any atom is 0.131 e. The molecule has 0 saturated carbocycles. The number of rotatable bonds is 7. The SMILES string of the molecule is COc1cccc(F)c1C(C)NC(CO)CC(C)C. The van der Waals surface area contributed by atoms with E-state index in [1.165, 1.54) is 13.2 Å². The van der Waals surface area contributed by atoms with Crippen LogP contribution >= 0.6 is 0 Å². The topological polar surface area (TPSA) is 41.5 Å². The Morgan fingerprint density at radius 2 is 2.00 bits per heavy atom. The maximum absolute atomic E-state index is 13.9. The Morgan fingerprint density at radius 1 is 1.32 bits per heavy atom. The number of hydrogen-bond acceptors (Lipinski definition) is 3. The van der Waals surface area contributed by atoms with Gasteiger partial charge in [0.1, 0.15) is 11.6 Å². The number of benzene rings is 1. The second-order valence-electron chi connectivity index (χ2n) is 5.25. The molecule has 1 rings (SSSR count). The Bertz CT molecular complexity index is 396. The van der Waals surface area contributed by atoms with Crippen LogP contribution < -0.4 is 10.1 Å². The van der Waals surface area contributed by atoms with Gasteiger partial charge in [-0.15, -0.1) is 0 Å². The van der Waals surface area contributed by atoms with E-state index in [-0.39, 0.29) is 24.5 Å². The Balaban J connectivity index is 2.85. The van der Waals surface area contributed by atoms with Crippen LogP contribution in [0.2, 0.25) is 0 Å². The maximum atomic E-state index is 13.9. The molecule has 108 valence electrons. The van der Waals surface area contributed by atoms with E-state index in [9.17, 15) is 9.50 Å². The Hall–Kier alpha value is -1.13. The molecule has 0 aromatic heterocycles. The molecule has 0 heterocycles. The molecule has 0 aliphatic heterocycles. The second kappa shape index (κ2) is 7.46. The summed E-state index contributed by atoms with van der Waals surface area (Å²) < 4.78 is 19.1. The largest absolute Gasteiger partial charge is 0.496 e. The first-order valence-corrected chi connectivity index (χ1v) is 6.68. The van der Waals surface area contributed by atoms with Crippen molar-refractivity contribution in [2.45, 2.75) is 39.3 Å². The lowest BCUT2D eigenvalue weighted by Gasteiger charge is -2.24. The van der Waals surface area contributed by atoms with Gasteiger partial charge in [0.15, 0.2) is 0 Å². The van der Waals surface area contributed by atoms with E-state index >= 15 is 0 Å². The van der Waals surface area contributed by atoms with Crippen molar-refractivity contribution in [3.8, 4) is 5.75 Å². The van der Waals surface area contributed by atoms with Gasteiger partial charge in [-0.3, -0.25) is 0 Å². The first kappa shape index (κ1) is 15.9. The molecule has 2 unspecified atom stereocenters. The van der Waals surface area contributed by atoms with E-state index in [2.05, 4.69) is 19.2 Å². The molecule has 0 bridgehead atoms. The standard InChI is InChI=1S/C15H24FNO2/c1-10(2)8-12(9-18)17-11(3)15-13(16)6-5-7-14(15)19-4/h5-7,10-12,17-18H,8-9H2,1-4H3. The molecule has 19 heavy (non-hydrogen) atoms. The van der Waals surface area contributed by atoms with Gasteiger partial charge in [0, 0.05) is 17.6 Å². The molecule has 2 atom stereocenters. The highest BCUT2D eigenvalue weighted by molar-refractivity contribution is 5.36. The predicted octanol–water partition coefficient (Wildman–Crippen LogP) is 2.89. The quantitative estimate of drug-likeness (QED) is 0.799.